The summed E-state index contributed by atoms with van der Waals surface area (Å²) in [5, 5.41) is 10.6. The Morgan fingerprint density at radius 1 is 1.45 bits per heavy atom. The third-order valence-corrected chi connectivity index (χ3v) is 4.32. The second-order valence-corrected chi connectivity index (χ2v) is 5.81. The number of thiazole rings is 1. The van der Waals surface area contributed by atoms with Crippen LogP contribution in [0, 0.1) is 6.92 Å². The van der Waals surface area contributed by atoms with Gasteiger partial charge in [0.1, 0.15) is 10.7 Å². The molecule has 0 spiro atoms. The lowest BCUT2D eigenvalue weighted by atomic mass is 10.1. The Morgan fingerprint density at radius 3 is 2.95 bits per heavy atom. The van der Waals surface area contributed by atoms with Crippen LogP contribution in [0.1, 0.15) is 45.9 Å². The molecule has 118 valence electrons. The van der Waals surface area contributed by atoms with Gasteiger partial charge in [-0.1, -0.05) is 0 Å². The molecule has 1 amide bonds. The third kappa shape index (κ3) is 2.58. The van der Waals surface area contributed by atoms with Gasteiger partial charge < -0.3 is 9.88 Å². The molecule has 3 rings (SSSR count). The molecule has 6 nitrogen and oxygen atoms in total. The summed E-state index contributed by atoms with van der Waals surface area (Å²) in [5.74, 6) is 0.520. The number of aromatic nitrogens is 4. The maximum Gasteiger partial charge on any atom is 0.434 e. The predicted octanol–water partition coefficient (Wildman–Crippen LogP) is 2.33. The van der Waals surface area contributed by atoms with Crippen molar-refractivity contribution in [2.24, 2.45) is 0 Å². The number of alkyl halides is 3. The van der Waals surface area contributed by atoms with Crippen molar-refractivity contribution >= 4 is 17.2 Å². The minimum absolute atomic E-state index is 0.430. The van der Waals surface area contributed by atoms with Gasteiger partial charge in [-0.15, -0.1) is 21.5 Å². The first-order chi connectivity index (χ1) is 10.4. The van der Waals surface area contributed by atoms with Gasteiger partial charge in [-0.05, 0) is 19.8 Å². The SMILES string of the molecule is Cc1nnc2n1CCCC2NC(=O)c1scnc1C(F)(F)F. The van der Waals surface area contributed by atoms with E-state index in [-0.39, 0.29) is 0 Å². The molecular formula is C12H12F3N5OS. The first-order valence-electron chi connectivity index (χ1n) is 6.59. The van der Waals surface area contributed by atoms with Crippen LogP contribution in [-0.4, -0.2) is 25.7 Å². The third-order valence-electron chi connectivity index (χ3n) is 3.50. The summed E-state index contributed by atoms with van der Waals surface area (Å²) >= 11 is 0.674. The zero-order valence-electron chi connectivity index (χ0n) is 11.5. The van der Waals surface area contributed by atoms with E-state index in [9.17, 15) is 18.0 Å². The molecule has 2 aromatic rings. The molecule has 0 saturated carbocycles. The molecule has 0 aliphatic carbocycles. The number of carbonyl (C=O) groups excluding carboxylic acids is 1. The van der Waals surface area contributed by atoms with Crippen LogP contribution >= 0.6 is 11.3 Å². The zero-order valence-corrected chi connectivity index (χ0v) is 12.3. The van der Waals surface area contributed by atoms with Crippen LogP contribution in [-0.2, 0) is 12.7 Å². The highest BCUT2D eigenvalue weighted by Crippen LogP contribution is 2.33. The van der Waals surface area contributed by atoms with Crippen molar-refractivity contribution in [3.63, 3.8) is 0 Å². The predicted molar refractivity (Wildman–Crippen MR) is 71.3 cm³/mol. The van der Waals surface area contributed by atoms with Gasteiger partial charge in [-0.3, -0.25) is 4.79 Å². The number of nitrogens with zero attached hydrogens (tertiary/aromatic N) is 4. The van der Waals surface area contributed by atoms with Crippen molar-refractivity contribution in [2.75, 3.05) is 0 Å². The van der Waals surface area contributed by atoms with Gasteiger partial charge in [0.2, 0.25) is 0 Å². The molecule has 1 unspecified atom stereocenters. The van der Waals surface area contributed by atoms with Crippen molar-refractivity contribution in [2.45, 2.75) is 38.5 Å². The second-order valence-electron chi connectivity index (χ2n) is 4.95. The van der Waals surface area contributed by atoms with Gasteiger partial charge in [0, 0.05) is 6.54 Å². The van der Waals surface area contributed by atoms with Crippen LogP contribution in [0.25, 0.3) is 0 Å². The van der Waals surface area contributed by atoms with E-state index in [2.05, 4.69) is 20.5 Å². The fourth-order valence-electron chi connectivity index (χ4n) is 2.48. The summed E-state index contributed by atoms with van der Waals surface area (Å²) < 4.78 is 40.3. The number of hydrogen-bond acceptors (Lipinski definition) is 5. The first kappa shape index (κ1) is 14.9. The van der Waals surface area contributed by atoms with E-state index < -0.39 is 28.7 Å². The Kier molecular flexibility index (Phi) is 3.63. The highest BCUT2D eigenvalue weighted by Gasteiger charge is 2.39. The Balaban J connectivity index is 1.83. The molecule has 1 atom stereocenters. The molecule has 0 saturated heterocycles. The summed E-state index contributed by atoms with van der Waals surface area (Å²) in [6, 6.07) is -0.439. The number of carbonyl (C=O) groups is 1. The van der Waals surface area contributed by atoms with Crippen molar-refractivity contribution in [1.82, 2.24) is 25.1 Å². The largest absolute Gasteiger partial charge is 0.434 e. The van der Waals surface area contributed by atoms with Crippen molar-refractivity contribution < 1.29 is 18.0 Å². The average molecular weight is 331 g/mol. The highest BCUT2D eigenvalue weighted by molar-refractivity contribution is 7.11. The summed E-state index contributed by atoms with van der Waals surface area (Å²) in [7, 11) is 0. The Labute approximate surface area is 127 Å². The van der Waals surface area contributed by atoms with E-state index in [0.717, 1.165) is 24.3 Å². The second kappa shape index (κ2) is 5.34. The van der Waals surface area contributed by atoms with Crippen molar-refractivity contribution in [1.29, 1.82) is 0 Å². The van der Waals surface area contributed by atoms with Crippen molar-refractivity contribution in [3.05, 3.63) is 27.7 Å². The monoisotopic (exact) mass is 331 g/mol. The zero-order chi connectivity index (χ0) is 15.9. The lowest BCUT2D eigenvalue weighted by Crippen LogP contribution is -2.33. The molecule has 2 aromatic heterocycles. The summed E-state index contributed by atoms with van der Waals surface area (Å²) in [5.41, 5.74) is -0.130. The molecule has 22 heavy (non-hydrogen) atoms. The van der Waals surface area contributed by atoms with Crippen LogP contribution < -0.4 is 5.32 Å². The van der Waals surface area contributed by atoms with Gasteiger partial charge >= 0.3 is 6.18 Å². The Hall–Kier alpha value is -1.97. The quantitative estimate of drug-likeness (QED) is 0.917. The Morgan fingerprint density at radius 2 is 2.23 bits per heavy atom. The van der Waals surface area contributed by atoms with Crippen LogP contribution in [0.2, 0.25) is 0 Å². The van der Waals surface area contributed by atoms with Gasteiger partial charge in [0.05, 0.1) is 11.6 Å². The van der Waals surface area contributed by atoms with Gasteiger partial charge in [-0.2, -0.15) is 13.2 Å². The smallest absolute Gasteiger partial charge is 0.341 e. The number of rotatable bonds is 2. The van der Waals surface area contributed by atoms with Crippen LogP contribution in [0.4, 0.5) is 13.2 Å². The van der Waals surface area contributed by atoms with Gasteiger partial charge in [0.15, 0.2) is 11.5 Å². The van der Waals surface area contributed by atoms with Gasteiger partial charge in [0.25, 0.3) is 5.91 Å². The van der Waals surface area contributed by atoms with Crippen LogP contribution in [0.15, 0.2) is 5.51 Å². The summed E-state index contributed by atoms with van der Waals surface area (Å²) in [6.07, 6.45) is -3.23. The van der Waals surface area contributed by atoms with Crippen LogP contribution in [0.3, 0.4) is 0 Å². The average Bonchev–Trinajstić information content (AvgIpc) is 3.06. The number of amides is 1. The molecule has 1 aliphatic heterocycles. The summed E-state index contributed by atoms with van der Waals surface area (Å²) in [6.45, 7) is 2.54. The van der Waals surface area contributed by atoms with E-state index in [1.807, 2.05) is 4.57 Å². The fraction of sp³-hybridized carbons (Fsp3) is 0.500. The fourth-order valence-corrected chi connectivity index (χ4v) is 3.19. The maximum atomic E-state index is 12.8. The van der Waals surface area contributed by atoms with Crippen molar-refractivity contribution in [3.8, 4) is 0 Å². The number of aryl methyl sites for hydroxylation is 1. The first-order valence-corrected chi connectivity index (χ1v) is 7.47. The number of nitrogens with one attached hydrogen (secondary N) is 1. The van der Waals surface area contributed by atoms with E-state index >= 15 is 0 Å². The minimum Gasteiger partial charge on any atom is -0.341 e. The van der Waals surface area contributed by atoms with Gasteiger partial charge in [-0.25, -0.2) is 4.98 Å². The maximum absolute atomic E-state index is 12.8. The Bertz CT molecular complexity index is 708. The molecule has 0 bridgehead atoms. The molecule has 0 aromatic carbocycles. The molecule has 1 aliphatic rings. The normalized spacial score (nSPS) is 18.1. The van der Waals surface area contributed by atoms with E-state index in [0.29, 0.717) is 23.6 Å². The molecule has 0 radical (unpaired) electrons. The lowest BCUT2D eigenvalue weighted by Gasteiger charge is -2.24. The van der Waals surface area contributed by atoms with E-state index in [4.69, 9.17) is 0 Å². The van der Waals surface area contributed by atoms with E-state index in [1.54, 1.807) is 6.92 Å². The number of halogens is 3. The number of hydrogen-bond donors (Lipinski definition) is 1. The molecule has 0 fully saturated rings. The molecule has 3 heterocycles. The molecule has 10 heteroatoms. The molecule has 1 N–H and O–H groups in total. The van der Waals surface area contributed by atoms with E-state index in [1.165, 1.54) is 0 Å². The topological polar surface area (TPSA) is 72.7 Å². The number of fused-ring (bicyclic) bond motifs is 1. The van der Waals surface area contributed by atoms with Crippen LogP contribution in [0.5, 0.6) is 0 Å². The minimum atomic E-state index is -4.64. The summed E-state index contributed by atoms with van der Waals surface area (Å²) in [4.78, 5) is 15.0. The standard InChI is InChI=1S/C12H12F3N5OS/c1-6-18-19-10-7(3-2-4-20(6)10)17-11(21)8-9(12(13,14)15)16-5-22-8/h5,7H,2-4H2,1H3,(H,17,21). The highest BCUT2D eigenvalue weighted by atomic mass is 32.1. The molecular weight excluding hydrogens is 319 g/mol. The lowest BCUT2D eigenvalue weighted by molar-refractivity contribution is -0.141.